The molecule has 4 heteroatoms. The van der Waals surface area contributed by atoms with Crippen LogP contribution in [0.4, 0.5) is 10.1 Å². The minimum absolute atomic E-state index is 0.159. The van der Waals surface area contributed by atoms with Gasteiger partial charge in [-0.1, -0.05) is 13.0 Å². The Kier molecular flexibility index (Phi) is 4.43. The molecule has 0 spiro atoms. The van der Waals surface area contributed by atoms with Gasteiger partial charge < -0.3 is 11.1 Å². The summed E-state index contributed by atoms with van der Waals surface area (Å²) in [6.07, 6.45) is 0.677. The molecule has 1 aromatic carbocycles. The lowest BCUT2D eigenvalue weighted by Gasteiger charge is -2.12. The second-order valence-electron chi connectivity index (χ2n) is 3.79. The van der Waals surface area contributed by atoms with Gasteiger partial charge in [0.1, 0.15) is 5.82 Å². The van der Waals surface area contributed by atoms with Crippen molar-refractivity contribution in [1.82, 2.24) is 0 Å². The molecule has 1 amide bonds. The highest BCUT2D eigenvalue weighted by Crippen LogP contribution is 2.14. The summed E-state index contributed by atoms with van der Waals surface area (Å²) in [6, 6.07) is 4.63. The molecule has 0 aromatic heterocycles. The van der Waals surface area contributed by atoms with Crippen molar-refractivity contribution in [2.45, 2.75) is 20.3 Å². The van der Waals surface area contributed by atoms with Crippen LogP contribution >= 0.6 is 0 Å². The van der Waals surface area contributed by atoms with Crippen molar-refractivity contribution in [2.75, 3.05) is 11.9 Å². The summed E-state index contributed by atoms with van der Waals surface area (Å²) in [5, 5.41) is 2.65. The fraction of sp³-hybridized carbons (Fsp3) is 0.417. The molecule has 3 nitrogen and oxygen atoms in total. The molecule has 0 aliphatic carbocycles. The van der Waals surface area contributed by atoms with Crippen molar-refractivity contribution in [3.63, 3.8) is 0 Å². The van der Waals surface area contributed by atoms with Crippen LogP contribution in [0.2, 0.25) is 0 Å². The number of nitrogens with two attached hydrogens (primary N) is 1. The monoisotopic (exact) mass is 224 g/mol. The molecular formula is C12H17FN2O. The Morgan fingerprint density at radius 3 is 2.75 bits per heavy atom. The normalized spacial score (nSPS) is 12.2. The van der Waals surface area contributed by atoms with E-state index in [0.29, 0.717) is 24.2 Å². The number of aryl methyl sites for hydroxylation is 1. The Morgan fingerprint density at radius 2 is 2.25 bits per heavy atom. The first-order chi connectivity index (χ1) is 7.58. The molecule has 0 bridgehead atoms. The van der Waals surface area contributed by atoms with Gasteiger partial charge in [-0.15, -0.1) is 0 Å². The summed E-state index contributed by atoms with van der Waals surface area (Å²) in [4.78, 5) is 11.7. The van der Waals surface area contributed by atoms with E-state index in [1.54, 1.807) is 19.1 Å². The van der Waals surface area contributed by atoms with Gasteiger partial charge >= 0.3 is 0 Å². The summed E-state index contributed by atoms with van der Waals surface area (Å²) >= 11 is 0. The zero-order valence-electron chi connectivity index (χ0n) is 9.59. The minimum atomic E-state index is -0.321. The van der Waals surface area contributed by atoms with E-state index in [2.05, 4.69) is 5.32 Å². The number of rotatable bonds is 4. The van der Waals surface area contributed by atoms with E-state index in [4.69, 9.17) is 5.73 Å². The fourth-order valence-electron chi connectivity index (χ4n) is 1.37. The molecule has 1 atom stereocenters. The first-order valence-electron chi connectivity index (χ1n) is 5.35. The van der Waals surface area contributed by atoms with Gasteiger partial charge in [0.25, 0.3) is 0 Å². The molecule has 88 valence electrons. The van der Waals surface area contributed by atoms with Gasteiger partial charge in [-0.25, -0.2) is 4.39 Å². The third-order valence-electron chi connectivity index (χ3n) is 2.59. The Bertz CT molecular complexity index is 375. The Balaban J connectivity index is 2.73. The maximum atomic E-state index is 13.2. The Labute approximate surface area is 94.8 Å². The van der Waals surface area contributed by atoms with Gasteiger partial charge in [0.2, 0.25) is 5.91 Å². The van der Waals surface area contributed by atoms with E-state index >= 15 is 0 Å². The van der Waals surface area contributed by atoms with Crippen molar-refractivity contribution in [2.24, 2.45) is 11.7 Å². The molecule has 1 rings (SSSR count). The quantitative estimate of drug-likeness (QED) is 0.822. The van der Waals surface area contributed by atoms with Crippen LogP contribution in [0.3, 0.4) is 0 Å². The number of anilines is 1. The van der Waals surface area contributed by atoms with E-state index in [1.807, 2.05) is 6.92 Å². The van der Waals surface area contributed by atoms with E-state index in [9.17, 15) is 9.18 Å². The molecule has 0 aliphatic heterocycles. The highest BCUT2D eigenvalue weighted by atomic mass is 19.1. The standard InChI is InChI=1S/C12H17FN2O/c1-3-9(7-14)12(16)15-10-5-4-8(2)11(13)6-10/h4-6,9H,3,7,14H2,1-2H3,(H,15,16). The molecule has 0 fully saturated rings. The maximum absolute atomic E-state index is 13.2. The number of halogens is 1. The smallest absolute Gasteiger partial charge is 0.228 e. The lowest BCUT2D eigenvalue weighted by Crippen LogP contribution is -2.28. The molecule has 1 unspecified atom stereocenters. The van der Waals surface area contributed by atoms with Crippen molar-refractivity contribution >= 4 is 11.6 Å². The van der Waals surface area contributed by atoms with E-state index in [0.717, 1.165) is 0 Å². The highest BCUT2D eigenvalue weighted by molar-refractivity contribution is 5.92. The van der Waals surface area contributed by atoms with Crippen LogP contribution in [-0.2, 0) is 4.79 Å². The molecule has 0 radical (unpaired) electrons. The second kappa shape index (κ2) is 5.61. The number of carbonyl (C=O) groups excluding carboxylic acids is 1. The molecule has 0 heterocycles. The summed E-state index contributed by atoms with van der Waals surface area (Å²) in [5.74, 6) is -0.698. The molecule has 0 aliphatic rings. The van der Waals surface area contributed by atoms with Gasteiger partial charge in [0, 0.05) is 12.2 Å². The van der Waals surface area contributed by atoms with E-state index < -0.39 is 0 Å². The number of hydrogen-bond acceptors (Lipinski definition) is 2. The molecule has 3 N–H and O–H groups in total. The van der Waals surface area contributed by atoms with Gasteiger partial charge in [-0.05, 0) is 31.0 Å². The highest BCUT2D eigenvalue weighted by Gasteiger charge is 2.14. The Morgan fingerprint density at radius 1 is 1.56 bits per heavy atom. The van der Waals surface area contributed by atoms with Crippen LogP contribution < -0.4 is 11.1 Å². The zero-order valence-corrected chi connectivity index (χ0v) is 9.59. The molecule has 0 saturated carbocycles. The SMILES string of the molecule is CCC(CN)C(=O)Nc1ccc(C)c(F)c1. The van der Waals surface area contributed by atoms with Crippen LogP contribution in [-0.4, -0.2) is 12.5 Å². The number of benzene rings is 1. The van der Waals surface area contributed by atoms with Crippen LogP contribution in [0.1, 0.15) is 18.9 Å². The van der Waals surface area contributed by atoms with Gasteiger partial charge in [-0.3, -0.25) is 4.79 Å². The van der Waals surface area contributed by atoms with Crippen molar-refractivity contribution in [3.8, 4) is 0 Å². The molecular weight excluding hydrogens is 207 g/mol. The number of hydrogen-bond donors (Lipinski definition) is 2. The zero-order chi connectivity index (χ0) is 12.1. The fourth-order valence-corrected chi connectivity index (χ4v) is 1.37. The number of nitrogens with one attached hydrogen (secondary N) is 1. The van der Waals surface area contributed by atoms with Crippen molar-refractivity contribution in [3.05, 3.63) is 29.6 Å². The van der Waals surface area contributed by atoms with Crippen LogP contribution in [0, 0.1) is 18.7 Å². The lowest BCUT2D eigenvalue weighted by molar-refractivity contribution is -0.119. The summed E-state index contributed by atoms with van der Waals surface area (Å²) in [7, 11) is 0. The Hall–Kier alpha value is -1.42. The third-order valence-corrected chi connectivity index (χ3v) is 2.59. The van der Waals surface area contributed by atoms with Crippen LogP contribution in [0.15, 0.2) is 18.2 Å². The van der Waals surface area contributed by atoms with Gasteiger partial charge in [-0.2, -0.15) is 0 Å². The third kappa shape index (κ3) is 3.03. The summed E-state index contributed by atoms with van der Waals surface area (Å²) < 4.78 is 13.2. The maximum Gasteiger partial charge on any atom is 0.228 e. The molecule has 0 saturated heterocycles. The predicted molar refractivity (Wildman–Crippen MR) is 62.6 cm³/mol. The minimum Gasteiger partial charge on any atom is -0.330 e. The second-order valence-corrected chi connectivity index (χ2v) is 3.79. The summed E-state index contributed by atoms with van der Waals surface area (Å²) in [5.41, 5.74) is 6.49. The molecule has 16 heavy (non-hydrogen) atoms. The van der Waals surface area contributed by atoms with Crippen LogP contribution in [0.5, 0.6) is 0 Å². The molecule has 1 aromatic rings. The lowest BCUT2D eigenvalue weighted by atomic mass is 10.1. The van der Waals surface area contributed by atoms with E-state index in [-0.39, 0.29) is 17.6 Å². The first-order valence-corrected chi connectivity index (χ1v) is 5.35. The summed E-state index contributed by atoms with van der Waals surface area (Å²) in [6.45, 7) is 3.87. The number of carbonyl (C=O) groups is 1. The van der Waals surface area contributed by atoms with Gasteiger partial charge in [0.15, 0.2) is 0 Å². The first kappa shape index (κ1) is 12.6. The van der Waals surface area contributed by atoms with Crippen molar-refractivity contribution < 1.29 is 9.18 Å². The van der Waals surface area contributed by atoms with Crippen molar-refractivity contribution in [1.29, 1.82) is 0 Å². The predicted octanol–water partition coefficient (Wildman–Crippen LogP) is 2.06. The average molecular weight is 224 g/mol. The van der Waals surface area contributed by atoms with Crippen LogP contribution in [0.25, 0.3) is 0 Å². The van der Waals surface area contributed by atoms with E-state index in [1.165, 1.54) is 6.07 Å². The topological polar surface area (TPSA) is 55.1 Å². The number of amides is 1. The van der Waals surface area contributed by atoms with Gasteiger partial charge in [0.05, 0.1) is 5.92 Å². The largest absolute Gasteiger partial charge is 0.330 e. The average Bonchev–Trinajstić information content (AvgIpc) is 2.25.